The number of hydrogen-bond acceptors (Lipinski definition) is 3. The van der Waals surface area contributed by atoms with Crippen molar-refractivity contribution in [3.05, 3.63) is 24.3 Å². The molecule has 1 saturated carbocycles. The Morgan fingerprint density at radius 2 is 1.86 bits per heavy atom. The molecule has 1 aliphatic carbocycles. The molecule has 0 bridgehead atoms. The van der Waals surface area contributed by atoms with Crippen molar-refractivity contribution in [3.63, 3.8) is 0 Å². The normalized spacial score (nSPS) is 21.3. The van der Waals surface area contributed by atoms with E-state index < -0.39 is 0 Å². The SMILES string of the molecule is CC(C)C(=O)Nc1cccc(NC(=O)C2CCC(N)C2)c1. The first-order chi connectivity index (χ1) is 9.95. The highest BCUT2D eigenvalue weighted by molar-refractivity contribution is 5.95. The summed E-state index contributed by atoms with van der Waals surface area (Å²) >= 11 is 0. The molecule has 4 N–H and O–H groups in total. The van der Waals surface area contributed by atoms with Gasteiger partial charge < -0.3 is 16.4 Å². The minimum atomic E-state index is -0.0803. The van der Waals surface area contributed by atoms with Gasteiger partial charge in [0, 0.05) is 29.3 Å². The average molecular weight is 289 g/mol. The summed E-state index contributed by atoms with van der Waals surface area (Å²) in [4.78, 5) is 23.8. The molecule has 0 radical (unpaired) electrons. The number of amides is 2. The Labute approximate surface area is 125 Å². The second-order valence-electron chi connectivity index (χ2n) is 5.98. The van der Waals surface area contributed by atoms with Crippen LogP contribution in [0.4, 0.5) is 11.4 Å². The first-order valence-electron chi connectivity index (χ1n) is 7.43. The third kappa shape index (κ3) is 4.29. The van der Waals surface area contributed by atoms with Gasteiger partial charge in [0.25, 0.3) is 0 Å². The van der Waals surface area contributed by atoms with Gasteiger partial charge in [-0.15, -0.1) is 0 Å². The molecule has 0 spiro atoms. The van der Waals surface area contributed by atoms with Crippen molar-refractivity contribution in [1.29, 1.82) is 0 Å². The number of carbonyl (C=O) groups excluding carboxylic acids is 2. The van der Waals surface area contributed by atoms with Crippen molar-refractivity contribution in [2.24, 2.45) is 17.6 Å². The number of anilines is 2. The molecule has 21 heavy (non-hydrogen) atoms. The lowest BCUT2D eigenvalue weighted by molar-refractivity contribution is -0.120. The summed E-state index contributed by atoms with van der Waals surface area (Å²) in [7, 11) is 0. The minimum Gasteiger partial charge on any atom is -0.328 e. The first kappa shape index (κ1) is 15.5. The van der Waals surface area contributed by atoms with E-state index in [0.29, 0.717) is 11.4 Å². The third-order valence-corrected chi connectivity index (χ3v) is 3.77. The summed E-state index contributed by atoms with van der Waals surface area (Å²) in [5.41, 5.74) is 7.22. The molecule has 2 atom stereocenters. The van der Waals surface area contributed by atoms with Crippen LogP contribution in [0.3, 0.4) is 0 Å². The van der Waals surface area contributed by atoms with E-state index in [4.69, 9.17) is 5.73 Å². The van der Waals surface area contributed by atoms with Crippen LogP contribution in [0.2, 0.25) is 0 Å². The predicted molar refractivity (Wildman–Crippen MR) is 83.9 cm³/mol. The molecular weight excluding hydrogens is 266 g/mol. The number of hydrogen-bond donors (Lipinski definition) is 3. The fraction of sp³-hybridized carbons (Fsp3) is 0.500. The highest BCUT2D eigenvalue weighted by Crippen LogP contribution is 2.26. The van der Waals surface area contributed by atoms with Crippen molar-refractivity contribution in [2.45, 2.75) is 39.2 Å². The molecule has 2 rings (SSSR count). The zero-order chi connectivity index (χ0) is 15.4. The van der Waals surface area contributed by atoms with Crippen LogP contribution < -0.4 is 16.4 Å². The Morgan fingerprint density at radius 1 is 1.19 bits per heavy atom. The monoisotopic (exact) mass is 289 g/mol. The number of benzene rings is 1. The van der Waals surface area contributed by atoms with Crippen LogP contribution in [0.5, 0.6) is 0 Å². The quantitative estimate of drug-likeness (QED) is 0.795. The van der Waals surface area contributed by atoms with Crippen molar-refractivity contribution in [1.82, 2.24) is 0 Å². The van der Waals surface area contributed by atoms with Gasteiger partial charge in [0.05, 0.1) is 0 Å². The molecule has 0 saturated heterocycles. The Hall–Kier alpha value is -1.88. The lowest BCUT2D eigenvalue weighted by Crippen LogP contribution is -2.23. The van der Waals surface area contributed by atoms with E-state index in [1.165, 1.54) is 0 Å². The number of nitrogens with two attached hydrogens (primary N) is 1. The van der Waals surface area contributed by atoms with E-state index in [9.17, 15) is 9.59 Å². The zero-order valence-electron chi connectivity index (χ0n) is 12.6. The van der Waals surface area contributed by atoms with E-state index in [1.807, 2.05) is 26.0 Å². The molecule has 2 amide bonds. The molecule has 0 heterocycles. The van der Waals surface area contributed by atoms with Crippen LogP contribution in [-0.2, 0) is 9.59 Å². The summed E-state index contributed by atoms with van der Waals surface area (Å²) in [6.45, 7) is 3.68. The molecule has 5 nitrogen and oxygen atoms in total. The largest absolute Gasteiger partial charge is 0.328 e. The second kappa shape index (κ2) is 6.72. The summed E-state index contributed by atoms with van der Waals surface area (Å²) in [5, 5.41) is 5.72. The Kier molecular flexibility index (Phi) is 4.96. The molecule has 0 aromatic heterocycles. The average Bonchev–Trinajstić information content (AvgIpc) is 2.86. The van der Waals surface area contributed by atoms with E-state index in [-0.39, 0.29) is 29.7 Å². The van der Waals surface area contributed by atoms with E-state index in [0.717, 1.165) is 19.3 Å². The van der Waals surface area contributed by atoms with Gasteiger partial charge in [0.1, 0.15) is 0 Å². The summed E-state index contributed by atoms with van der Waals surface area (Å²) in [6, 6.07) is 7.34. The molecule has 114 valence electrons. The lowest BCUT2D eigenvalue weighted by Gasteiger charge is -2.13. The number of rotatable bonds is 4. The topological polar surface area (TPSA) is 84.2 Å². The maximum Gasteiger partial charge on any atom is 0.227 e. The molecular formula is C16H23N3O2. The molecule has 1 aromatic rings. The Balaban J connectivity index is 1.97. The summed E-state index contributed by atoms with van der Waals surface area (Å²) in [5.74, 6) is -0.118. The maximum atomic E-state index is 12.1. The third-order valence-electron chi connectivity index (χ3n) is 3.77. The standard InChI is InChI=1S/C16H23N3O2/c1-10(2)15(20)18-13-4-3-5-14(9-13)19-16(21)11-6-7-12(17)8-11/h3-5,9-12H,6-8,17H2,1-2H3,(H,18,20)(H,19,21). The van der Waals surface area contributed by atoms with Crippen LogP contribution in [-0.4, -0.2) is 17.9 Å². The van der Waals surface area contributed by atoms with Crippen LogP contribution in [0.15, 0.2) is 24.3 Å². The van der Waals surface area contributed by atoms with Crippen LogP contribution >= 0.6 is 0 Å². The second-order valence-corrected chi connectivity index (χ2v) is 5.98. The molecule has 1 aromatic carbocycles. The highest BCUT2D eigenvalue weighted by atomic mass is 16.2. The van der Waals surface area contributed by atoms with Crippen LogP contribution in [0.25, 0.3) is 0 Å². The zero-order valence-corrected chi connectivity index (χ0v) is 12.6. The lowest BCUT2D eigenvalue weighted by atomic mass is 10.1. The molecule has 1 aliphatic rings. The van der Waals surface area contributed by atoms with Gasteiger partial charge in [0.2, 0.25) is 11.8 Å². The molecule has 0 aliphatic heterocycles. The molecule has 5 heteroatoms. The van der Waals surface area contributed by atoms with Crippen LogP contribution in [0.1, 0.15) is 33.1 Å². The van der Waals surface area contributed by atoms with Crippen molar-refractivity contribution in [2.75, 3.05) is 10.6 Å². The van der Waals surface area contributed by atoms with Crippen molar-refractivity contribution < 1.29 is 9.59 Å². The van der Waals surface area contributed by atoms with Crippen LogP contribution in [0, 0.1) is 11.8 Å². The van der Waals surface area contributed by atoms with Crippen molar-refractivity contribution in [3.8, 4) is 0 Å². The van der Waals surface area contributed by atoms with Crippen molar-refractivity contribution >= 4 is 23.2 Å². The van der Waals surface area contributed by atoms with E-state index in [2.05, 4.69) is 10.6 Å². The Bertz CT molecular complexity index is 528. The van der Waals surface area contributed by atoms with Gasteiger partial charge >= 0.3 is 0 Å². The fourth-order valence-electron chi connectivity index (χ4n) is 2.46. The van der Waals surface area contributed by atoms with E-state index >= 15 is 0 Å². The van der Waals surface area contributed by atoms with Gasteiger partial charge in [0.15, 0.2) is 0 Å². The fourth-order valence-corrected chi connectivity index (χ4v) is 2.46. The minimum absolute atomic E-state index is 0.00564. The maximum absolute atomic E-state index is 12.1. The summed E-state index contributed by atoms with van der Waals surface area (Å²) in [6.07, 6.45) is 2.49. The van der Waals surface area contributed by atoms with E-state index in [1.54, 1.807) is 12.1 Å². The molecule has 2 unspecified atom stereocenters. The predicted octanol–water partition coefficient (Wildman–Crippen LogP) is 2.35. The van der Waals surface area contributed by atoms with Gasteiger partial charge in [-0.05, 0) is 37.5 Å². The highest BCUT2D eigenvalue weighted by Gasteiger charge is 2.27. The smallest absolute Gasteiger partial charge is 0.227 e. The van der Waals surface area contributed by atoms with Gasteiger partial charge in [-0.1, -0.05) is 19.9 Å². The van der Waals surface area contributed by atoms with Gasteiger partial charge in [-0.2, -0.15) is 0 Å². The molecule has 1 fully saturated rings. The van der Waals surface area contributed by atoms with Gasteiger partial charge in [-0.3, -0.25) is 9.59 Å². The Morgan fingerprint density at radius 3 is 2.43 bits per heavy atom. The summed E-state index contributed by atoms with van der Waals surface area (Å²) < 4.78 is 0. The number of carbonyl (C=O) groups is 2. The van der Waals surface area contributed by atoms with Gasteiger partial charge in [-0.25, -0.2) is 0 Å². The first-order valence-corrected chi connectivity index (χ1v) is 7.43. The number of nitrogens with one attached hydrogen (secondary N) is 2.